The van der Waals surface area contributed by atoms with E-state index < -0.39 is 0 Å². The minimum atomic E-state index is -0.318. The summed E-state index contributed by atoms with van der Waals surface area (Å²) < 4.78 is 18.1. The number of amides is 2. The molecule has 1 heterocycles. The van der Waals surface area contributed by atoms with Crippen molar-refractivity contribution in [2.75, 3.05) is 13.7 Å². The van der Waals surface area contributed by atoms with Gasteiger partial charge in [-0.25, -0.2) is 4.39 Å². The van der Waals surface area contributed by atoms with E-state index in [1.807, 2.05) is 31.2 Å². The number of hydrogen-bond donors (Lipinski definition) is 1. The Hall–Kier alpha value is -2.54. The van der Waals surface area contributed by atoms with E-state index >= 15 is 0 Å². The molecule has 0 aromatic heterocycles. The van der Waals surface area contributed by atoms with Gasteiger partial charge in [0.1, 0.15) is 23.5 Å². The molecule has 0 spiro atoms. The van der Waals surface area contributed by atoms with Crippen LogP contribution in [-0.2, 0) is 16.1 Å². The predicted octanol–water partition coefficient (Wildman–Crippen LogP) is 3.11. The molecule has 27 heavy (non-hydrogen) atoms. The van der Waals surface area contributed by atoms with Crippen molar-refractivity contribution in [1.82, 2.24) is 10.2 Å². The Balaban J connectivity index is 1.65. The van der Waals surface area contributed by atoms with Crippen LogP contribution in [0.3, 0.4) is 0 Å². The third-order valence-corrected chi connectivity index (χ3v) is 5.76. The van der Waals surface area contributed by atoms with Crippen molar-refractivity contribution >= 4 is 23.6 Å². The molecule has 1 fully saturated rings. The molecule has 1 saturated heterocycles. The number of thioether (sulfide) groups is 1. The Labute approximate surface area is 161 Å². The molecular formula is C20H21FN2O3S. The van der Waals surface area contributed by atoms with Gasteiger partial charge in [-0.2, -0.15) is 0 Å². The lowest BCUT2D eigenvalue weighted by molar-refractivity contribution is -0.135. The van der Waals surface area contributed by atoms with Gasteiger partial charge in [0.15, 0.2) is 0 Å². The third kappa shape index (κ3) is 4.60. The number of methoxy groups -OCH3 is 1. The summed E-state index contributed by atoms with van der Waals surface area (Å²) in [6.07, 6.45) is 0. The van der Waals surface area contributed by atoms with Gasteiger partial charge in [-0.15, -0.1) is 11.8 Å². The zero-order chi connectivity index (χ0) is 19.4. The van der Waals surface area contributed by atoms with Crippen molar-refractivity contribution in [3.63, 3.8) is 0 Å². The topological polar surface area (TPSA) is 58.6 Å². The maximum atomic E-state index is 12.9. The summed E-state index contributed by atoms with van der Waals surface area (Å²) in [6.45, 7) is 2.12. The summed E-state index contributed by atoms with van der Waals surface area (Å²) in [5.74, 6) is 0.115. The summed E-state index contributed by atoms with van der Waals surface area (Å²) >= 11 is 1.52. The van der Waals surface area contributed by atoms with Crippen LogP contribution in [0.5, 0.6) is 5.75 Å². The first-order chi connectivity index (χ1) is 13.0. The minimum absolute atomic E-state index is 0.0198. The third-order valence-electron chi connectivity index (χ3n) is 4.36. The number of carbonyl (C=O) groups is 2. The quantitative estimate of drug-likeness (QED) is 0.826. The summed E-state index contributed by atoms with van der Waals surface area (Å²) in [5, 5.41) is 2.37. The average molecular weight is 388 g/mol. The molecule has 0 bridgehead atoms. The van der Waals surface area contributed by atoms with E-state index in [0.29, 0.717) is 0 Å². The van der Waals surface area contributed by atoms with Crippen molar-refractivity contribution in [2.45, 2.75) is 24.1 Å². The lowest BCUT2D eigenvalue weighted by atomic mass is 10.2. The zero-order valence-electron chi connectivity index (χ0n) is 15.1. The van der Waals surface area contributed by atoms with Crippen molar-refractivity contribution in [3.8, 4) is 5.75 Å². The molecule has 2 amide bonds. The molecule has 2 aromatic rings. The van der Waals surface area contributed by atoms with E-state index in [0.717, 1.165) is 16.9 Å². The molecule has 0 aliphatic carbocycles. The number of ether oxygens (including phenoxy) is 1. The Morgan fingerprint density at radius 2 is 1.85 bits per heavy atom. The SMILES string of the molecule is COc1ccc(C2SC(C)C(=O)N2CC(=O)NCc2ccc(F)cc2)cc1. The van der Waals surface area contributed by atoms with Crippen LogP contribution in [0.15, 0.2) is 48.5 Å². The Morgan fingerprint density at radius 1 is 1.19 bits per heavy atom. The van der Waals surface area contributed by atoms with Gasteiger partial charge in [0, 0.05) is 6.54 Å². The summed E-state index contributed by atoms with van der Waals surface area (Å²) in [7, 11) is 1.60. The largest absolute Gasteiger partial charge is 0.497 e. The van der Waals surface area contributed by atoms with Gasteiger partial charge in [0.05, 0.1) is 12.4 Å². The monoisotopic (exact) mass is 388 g/mol. The van der Waals surface area contributed by atoms with Gasteiger partial charge < -0.3 is 15.0 Å². The van der Waals surface area contributed by atoms with Crippen LogP contribution in [0.1, 0.15) is 23.4 Å². The maximum absolute atomic E-state index is 12.9. The molecule has 1 aliphatic rings. The van der Waals surface area contributed by atoms with E-state index in [9.17, 15) is 14.0 Å². The molecule has 1 aliphatic heterocycles. The second-order valence-electron chi connectivity index (χ2n) is 6.27. The van der Waals surface area contributed by atoms with Gasteiger partial charge in [0.25, 0.3) is 0 Å². The minimum Gasteiger partial charge on any atom is -0.497 e. The van der Waals surface area contributed by atoms with E-state index in [2.05, 4.69) is 5.32 Å². The van der Waals surface area contributed by atoms with E-state index in [-0.39, 0.29) is 41.3 Å². The summed E-state index contributed by atoms with van der Waals surface area (Å²) in [4.78, 5) is 26.5. The van der Waals surface area contributed by atoms with E-state index in [1.165, 1.54) is 23.9 Å². The summed E-state index contributed by atoms with van der Waals surface area (Å²) in [6, 6.07) is 13.4. The fourth-order valence-corrected chi connectivity index (χ4v) is 4.15. The van der Waals surface area contributed by atoms with Crippen LogP contribution in [0.25, 0.3) is 0 Å². The predicted molar refractivity (Wildman–Crippen MR) is 103 cm³/mol. The highest BCUT2D eigenvalue weighted by Crippen LogP contribution is 2.42. The second-order valence-corrected chi connectivity index (χ2v) is 7.70. The van der Waals surface area contributed by atoms with Gasteiger partial charge in [-0.3, -0.25) is 9.59 Å². The molecule has 1 N–H and O–H groups in total. The van der Waals surface area contributed by atoms with Crippen molar-refractivity contribution in [3.05, 3.63) is 65.5 Å². The highest BCUT2D eigenvalue weighted by Gasteiger charge is 2.39. The number of carbonyl (C=O) groups excluding carboxylic acids is 2. The lowest BCUT2D eigenvalue weighted by Gasteiger charge is -2.23. The average Bonchev–Trinajstić information content (AvgIpc) is 2.96. The standard InChI is InChI=1S/C20H21FN2O3S/c1-13-19(25)23(20(27-13)15-5-9-17(26-2)10-6-15)12-18(24)22-11-14-3-7-16(21)8-4-14/h3-10,13,20H,11-12H2,1-2H3,(H,22,24). The van der Waals surface area contributed by atoms with Gasteiger partial charge in [-0.1, -0.05) is 24.3 Å². The number of halogens is 1. The number of rotatable bonds is 6. The molecule has 2 aromatic carbocycles. The maximum Gasteiger partial charge on any atom is 0.239 e. The highest BCUT2D eigenvalue weighted by atomic mass is 32.2. The first-order valence-corrected chi connectivity index (χ1v) is 9.53. The van der Waals surface area contributed by atoms with Gasteiger partial charge in [-0.05, 0) is 42.3 Å². The fourth-order valence-electron chi connectivity index (χ4n) is 2.88. The molecule has 7 heteroatoms. The van der Waals surface area contributed by atoms with Crippen LogP contribution in [0.4, 0.5) is 4.39 Å². The lowest BCUT2D eigenvalue weighted by Crippen LogP contribution is -2.40. The first-order valence-electron chi connectivity index (χ1n) is 8.59. The van der Waals surface area contributed by atoms with Crippen molar-refractivity contribution in [1.29, 1.82) is 0 Å². The Bertz CT molecular complexity index is 811. The highest BCUT2D eigenvalue weighted by molar-refractivity contribution is 8.01. The molecular weight excluding hydrogens is 367 g/mol. The normalized spacial score (nSPS) is 19.2. The number of nitrogens with zero attached hydrogens (tertiary/aromatic N) is 1. The van der Waals surface area contributed by atoms with Crippen molar-refractivity contribution in [2.24, 2.45) is 0 Å². The number of benzene rings is 2. The van der Waals surface area contributed by atoms with Crippen LogP contribution in [0, 0.1) is 5.82 Å². The molecule has 3 rings (SSSR count). The smallest absolute Gasteiger partial charge is 0.239 e. The van der Waals surface area contributed by atoms with Gasteiger partial charge in [0.2, 0.25) is 11.8 Å². The Morgan fingerprint density at radius 3 is 2.48 bits per heavy atom. The zero-order valence-corrected chi connectivity index (χ0v) is 16.0. The van der Waals surface area contributed by atoms with Crippen LogP contribution in [-0.4, -0.2) is 35.6 Å². The fraction of sp³-hybridized carbons (Fsp3) is 0.300. The van der Waals surface area contributed by atoms with E-state index in [4.69, 9.17) is 4.74 Å². The second kappa shape index (κ2) is 8.43. The molecule has 2 unspecified atom stereocenters. The van der Waals surface area contributed by atoms with Crippen LogP contribution >= 0.6 is 11.8 Å². The Kier molecular flexibility index (Phi) is 6.01. The number of nitrogens with one attached hydrogen (secondary N) is 1. The first kappa shape index (κ1) is 19.2. The van der Waals surface area contributed by atoms with Gasteiger partial charge >= 0.3 is 0 Å². The van der Waals surface area contributed by atoms with Crippen LogP contribution < -0.4 is 10.1 Å². The number of hydrogen-bond acceptors (Lipinski definition) is 4. The molecule has 0 saturated carbocycles. The van der Waals surface area contributed by atoms with E-state index in [1.54, 1.807) is 24.1 Å². The molecule has 2 atom stereocenters. The molecule has 0 radical (unpaired) electrons. The van der Waals surface area contributed by atoms with Crippen LogP contribution in [0.2, 0.25) is 0 Å². The van der Waals surface area contributed by atoms with Crippen molar-refractivity contribution < 1.29 is 18.7 Å². The molecule has 142 valence electrons. The summed E-state index contributed by atoms with van der Waals surface area (Å²) in [5.41, 5.74) is 1.75. The molecule has 5 nitrogen and oxygen atoms in total.